The minimum atomic E-state index is -0.358. The lowest BCUT2D eigenvalue weighted by atomic mass is 9.86. The third-order valence-corrected chi connectivity index (χ3v) is 4.17. The first kappa shape index (κ1) is 17.9. The third-order valence-electron chi connectivity index (χ3n) is 4.17. The fourth-order valence-corrected chi connectivity index (χ4v) is 2.84. The summed E-state index contributed by atoms with van der Waals surface area (Å²) in [4.78, 5) is 23.1. The van der Waals surface area contributed by atoms with Crippen molar-refractivity contribution in [3.8, 4) is 0 Å². The van der Waals surface area contributed by atoms with Crippen LogP contribution in [0, 0.1) is 11.8 Å². The standard InChI is InChI=1S/C18H30O3/c1-3-5-7-9-11-13-15(12-10-8-6-4-2)16-14-17(19)21-18(16)20/h11,13,15-16H,3-10,12,14H2,1-2H3. The molecule has 0 radical (unpaired) electrons. The highest BCUT2D eigenvalue weighted by Gasteiger charge is 2.37. The molecule has 3 heteroatoms. The van der Waals surface area contributed by atoms with E-state index in [1.165, 1.54) is 38.5 Å². The Bertz CT molecular complexity index is 346. The van der Waals surface area contributed by atoms with Gasteiger partial charge >= 0.3 is 11.9 Å². The van der Waals surface area contributed by atoms with Crippen molar-refractivity contribution in [2.75, 3.05) is 0 Å². The van der Waals surface area contributed by atoms with Gasteiger partial charge in [0.2, 0.25) is 0 Å². The fourth-order valence-electron chi connectivity index (χ4n) is 2.84. The highest BCUT2D eigenvalue weighted by atomic mass is 16.6. The molecule has 0 saturated carbocycles. The van der Waals surface area contributed by atoms with Crippen LogP contribution < -0.4 is 0 Å². The normalized spacial score (nSPS) is 20.2. The van der Waals surface area contributed by atoms with Crippen molar-refractivity contribution in [2.45, 2.75) is 78.1 Å². The summed E-state index contributed by atoms with van der Waals surface area (Å²) in [7, 11) is 0. The number of cyclic esters (lactones) is 2. The van der Waals surface area contributed by atoms with Gasteiger partial charge in [-0.2, -0.15) is 0 Å². The van der Waals surface area contributed by atoms with E-state index in [0.29, 0.717) is 0 Å². The second kappa shape index (κ2) is 10.6. The van der Waals surface area contributed by atoms with Gasteiger partial charge in [0.05, 0.1) is 12.3 Å². The topological polar surface area (TPSA) is 43.4 Å². The van der Waals surface area contributed by atoms with E-state index in [0.717, 1.165) is 19.3 Å². The lowest BCUT2D eigenvalue weighted by Gasteiger charge is -2.16. The number of unbranched alkanes of at least 4 members (excludes halogenated alkanes) is 6. The van der Waals surface area contributed by atoms with Crippen LogP contribution in [-0.4, -0.2) is 11.9 Å². The first-order valence-corrected chi connectivity index (χ1v) is 8.60. The SMILES string of the molecule is CCCCCC=CC(CCCCCC)C1CC(=O)OC1=O. The molecule has 1 aliphatic rings. The van der Waals surface area contributed by atoms with Crippen LogP contribution in [0.1, 0.15) is 78.1 Å². The average molecular weight is 294 g/mol. The lowest BCUT2D eigenvalue weighted by Crippen LogP contribution is -2.18. The van der Waals surface area contributed by atoms with E-state index in [9.17, 15) is 9.59 Å². The van der Waals surface area contributed by atoms with Gasteiger partial charge in [-0.15, -0.1) is 0 Å². The van der Waals surface area contributed by atoms with Gasteiger partial charge in [0.1, 0.15) is 0 Å². The summed E-state index contributed by atoms with van der Waals surface area (Å²) in [6, 6.07) is 0. The molecule has 0 bridgehead atoms. The summed E-state index contributed by atoms with van der Waals surface area (Å²) in [6.07, 6.45) is 15.1. The number of hydrogen-bond donors (Lipinski definition) is 0. The Balaban J connectivity index is 2.48. The van der Waals surface area contributed by atoms with Crippen LogP contribution in [-0.2, 0) is 14.3 Å². The molecule has 2 atom stereocenters. The molecule has 0 amide bonds. The highest BCUT2D eigenvalue weighted by Crippen LogP contribution is 2.30. The fraction of sp³-hybridized carbons (Fsp3) is 0.778. The van der Waals surface area contributed by atoms with Crippen LogP contribution in [0.3, 0.4) is 0 Å². The molecule has 1 rings (SSSR count). The summed E-state index contributed by atoms with van der Waals surface area (Å²) in [6.45, 7) is 4.39. The average Bonchev–Trinajstić information content (AvgIpc) is 2.80. The molecule has 0 spiro atoms. The summed E-state index contributed by atoms with van der Waals surface area (Å²) in [5.41, 5.74) is 0. The molecule has 3 nitrogen and oxygen atoms in total. The van der Waals surface area contributed by atoms with Crippen LogP contribution >= 0.6 is 0 Å². The molecule has 1 fully saturated rings. The third kappa shape index (κ3) is 6.92. The summed E-state index contributed by atoms with van der Waals surface area (Å²) < 4.78 is 4.72. The molecule has 1 saturated heterocycles. The predicted molar refractivity (Wildman–Crippen MR) is 84.7 cm³/mol. The zero-order valence-corrected chi connectivity index (χ0v) is 13.6. The number of rotatable bonds is 11. The van der Waals surface area contributed by atoms with Crippen molar-refractivity contribution >= 4 is 11.9 Å². The molecule has 1 heterocycles. The van der Waals surface area contributed by atoms with Gasteiger partial charge < -0.3 is 4.74 Å². The maximum Gasteiger partial charge on any atom is 0.317 e. The predicted octanol–water partition coefficient (Wildman–Crippen LogP) is 4.80. The molecule has 2 unspecified atom stereocenters. The van der Waals surface area contributed by atoms with Crippen molar-refractivity contribution in [1.29, 1.82) is 0 Å². The van der Waals surface area contributed by atoms with Gasteiger partial charge in [0.25, 0.3) is 0 Å². The quantitative estimate of drug-likeness (QED) is 0.238. The Hall–Kier alpha value is -1.12. The van der Waals surface area contributed by atoms with Gasteiger partial charge in [-0.25, -0.2) is 0 Å². The van der Waals surface area contributed by atoms with Gasteiger partial charge in [0.15, 0.2) is 0 Å². The van der Waals surface area contributed by atoms with E-state index in [1.807, 2.05) is 0 Å². The van der Waals surface area contributed by atoms with E-state index < -0.39 is 0 Å². The summed E-state index contributed by atoms with van der Waals surface area (Å²) in [5, 5.41) is 0. The first-order valence-electron chi connectivity index (χ1n) is 8.60. The maximum atomic E-state index is 11.8. The van der Waals surface area contributed by atoms with Crippen molar-refractivity contribution in [3.63, 3.8) is 0 Å². The summed E-state index contributed by atoms with van der Waals surface area (Å²) >= 11 is 0. The number of allylic oxidation sites excluding steroid dienone is 2. The van der Waals surface area contributed by atoms with Crippen LogP contribution in [0.5, 0.6) is 0 Å². The number of ether oxygens (including phenoxy) is 1. The second-order valence-electron chi connectivity index (χ2n) is 6.04. The Labute approximate surface area is 129 Å². The molecule has 1 aliphatic heterocycles. The second-order valence-corrected chi connectivity index (χ2v) is 6.04. The van der Waals surface area contributed by atoms with E-state index in [-0.39, 0.29) is 30.2 Å². The van der Waals surface area contributed by atoms with E-state index in [1.54, 1.807) is 0 Å². The Morgan fingerprint density at radius 2 is 1.81 bits per heavy atom. The van der Waals surface area contributed by atoms with Gasteiger partial charge in [0, 0.05) is 0 Å². The van der Waals surface area contributed by atoms with Gasteiger partial charge in [-0.3, -0.25) is 9.59 Å². The van der Waals surface area contributed by atoms with Crippen LogP contribution in [0.15, 0.2) is 12.2 Å². The maximum absolute atomic E-state index is 11.8. The van der Waals surface area contributed by atoms with Gasteiger partial charge in [-0.1, -0.05) is 64.5 Å². The zero-order valence-electron chi connectivity index (χ0n) is 13.6. The highest BCUT2D eigenvalue weighted by molar-refractivity contribution is 5.94. The van der Waals surface area contributed by atoms with E-state index in [4.69, 9.17) is 4.74 Å². The number of carbonyl (C=O) groups is 2. The Morgan fingerprint density at radius 1 is 1.10 bits per heavy atom. The largest absolute Gasteiger partial charge is 0.393 e. The smallest absolute Gasteiger partial charge is 0.317 e. The molecule has 0 aliphatic carbocycles. The monoisotopic (exact) mass is 294 g/mol. The molecule has 0 aromatic carbocycles. The summed E-state index contributed by atoms with van der Waals surface area (Å²) in [5.74, 6) is -0.759. The Morgan fingerprint density at radius 3 is 2.43 bits per heavy atom. The molecule has 0 aromatic rings. The van der Waals surface area contributed by atoms with Crippen molar-refractivity contribution in [3.05, 3.63) is 12.2 Å². The van der Waals surface area contributed by atoms with Crippen molar-refractivity contribution < 1.29 is 14.3 Å². The number of carbonyl (C=O) groups excluding carboxylic acids is 2. The minimum absolute atomic E-state index is 0.169. The van der Waals surface area contributed by atoms with Crippen molar-refractivity contribution in [1.82, 2.24) is 0 Å². The molecular formula is C18H30O3. The molecule has 0 N–H and O–H groups in total. The molecule has 0 aromatic heterocycles. The minimum Gasteiger partial charge on any atom is -0.393 e. The molecule has 120 valence electrons. The van der Waals surface area contributed by atoms with E-state index >= 15 is 0 Å². The molecule has 21 heavy (non-hydrogen) atoms. The van der Waals surface area contributed by atoms with Gasteiger partial charge in [-0.05, 0) is 25.2 Å². The van der Waals surface area contributed by atoms with Crippen LogP contribution in [0.2, 0.25) is 0 Å². The first-order chi connectivity index (χ1) is 10.2. The van der Waals surface area contributed by atoms with Crippen LogP contribution in [0.4, 0.5) is 0 Å². The van der Waals surface area contributed by atoms with Crippen molar-refractivity contribution in [2.24, 2.45) is 11.8 Å². The Kier molecular flexibility index (Phi) is 9.04. The number of esters is 2. The zero-order chi connectivity index (χ0) is 15.5. The van der Waals surface area contributed by atoms with E-state index in [2.05, 4.69) is 26.0 Å². The molecular weight excluding hydrogens is 264 g/mol. The lowest BCUT2D eigenvalue weighted by molar-refractivity contribution is -0.153. The number of hydrogen-bond acceptors (Lipinski definition) is 3. The van der Waals surface area contributed by atoms with Crippen LogP contribution in [0.25, 0.3) is 0 Å².